The lowest BCUT2D eigenvalue weighted by Crippen LogP contribution is -1.99. The van der Waals surface area contributed by atoms with E-state index in [1.165, 1.54) is 4.88 Å². The molecule has 0 aliphatic carbocycles. The van der Waals surface area contributed by atoms with E-state index >= 15 is 0 Å². The second kappa shape index (κ2) is 4.35. The quantitative estimate of drug-likeness (QED) is 0.790. The topological polar surface area (TPSA) is 17.8 Å². The Labute approximate surface area is 107 Å². The summed E-state index contributed by atoms with van der Waals surface area (Å²) in [5, 5.41) is 4.26. The molecule has 2 aromatic heterocycles. The molecule has 2 heterocycles. The van der Waals surface area contributed by atoms with Crippen LogP contribution in [-0.4, -0.2) is 9.78 Å². The molecule has 0 bridgehead atoms. The van der Waals surface area contributed by atoms with E-state index in [1.54, 1.807) is 11.3 Å². The van der Waals surface area contributed by atoms with Gasteiger partial charge in [-0.1, -0.05) is 11.6 Å². The Balaban J connectivity index is 2.22. The molecule has 0 saturated carbocycles. The summed E-state index contributed by atoms with van der Waals surface area (Å²) in [6.07, 6.45) is 0. The van der Waals surface area contributed by atoms with Gasteiger partial charge in [0.1, 0.15) is 9.21 Å². The second-order valence-electron chi connectivity index (χ2n) is 2.65. The van der Waals surface area contributed by atoms with Gasteiger partial charge in [-0.25, -0.2) is 0 Å². The lowest BCUT2D eigenvalue weighted by Gasteiger charge is -1.99. The molecule has 2 rings (SSSR count). The minimum Gasteiger partial charge on any atom is -0.252 e. The zero-order valence-electron chi connectivity index (χ0n) is 6.88. The van der Waals surface area contributed by atoms with Crippen LogP contribution in [0.15, 0.2) is 27.4 Å². The third-order valence-corrected chi connectivity index (χ3v) is 3.88. The number of rotatable bonds is 2. The highest BCUT2D eigenvalue weighted by Crippen LogP contribution is 2.24. The molecule has 74 valence electrons. The van der Waals surface area contributed by atoms with Crippen molar-refractivity contribution in [2.45, 2.75) is 6.54 Å². The van der Waals surface area contributed by atoms with Crippen molar-refractivity contribution in [3.8, 4) is 0 Å². The molecule has 6 heteroatoms. The predicted molar refractivity (Wildman–Crippen MR) is 66.1 cm³/mol. The summed E-state index contributed by atoms with van der Waals surface area (Å²) in [5.41, 5.74) is 0. The zero-order chi connectivity index (χ0) is 10.1. The maximum absolute atomic E-state index is 5.84. The van der Waals surface area contributed by atoms with Gasteiger partial charge in [0.15, 0.2) is 0 Å². The first-order valence-electron chi connectivity index (χ1n) is 3.78. The first-order chi connectivity index (χ1) is 6.65. The number of thiophene rings is 1. The molecule has 0 spiro atoms. The lowest BCUT2D eigenvalue weighted by molar-refractivity contribution is 0.674. The van der Waals surface area contributed by atoms with Crippen molar-refractivity contribution >= 4 is 54.8 Å². The Kier molecular flexibility index (Phi) is 3.31. The molecule has 0 amide bonds. The maximum Gasteiger partial charge on any atom is 0.129 e. The molecule has 0 saturated heterocycles. The largest absolute Gasteiger partial charge is 0.252 e. The van der Waals surface area contributed by atoms with E-state index in [9.17, 15) is 0 Å². The Morgan fingerprint density at radius 1 is 1.43 bits per heavy atom. The van der Waals surface area contributed by atoms with E-state index in [0.29, 0.717) is 0 Å². The molecule has 0 radical (unpaired) electrons. The Bertz CT molecular complexity index is 452. The van der Waals surface area contributed by atoms with E-state index in [-0.39, 0.29) is 0 Å². The smallest absolute Gasteiger partial charge is 0.129 e. The average molecular weight is 356 g/mol. The molecule has 0 aromatic carbocycles. The summed E-state index contributed by atoms with van der Waals surface area (Å²) in [5.74, 6) is 0. The molecule has 0 N–H and O–H groups in total. The monoisotopic (exact) mass is 354 g/mol. The van der Waals surface area contributed by atoms with E-state index in [4.69, 9.17) is 11.6 Å². The van der Waals surface area contributed by atoms with E-state index < -0.39 is 0 Å². The van der Waals surface area contributed by atoms with Crippen LogP contribution in [0.2, 0.25) is 4.34 Å². The first-order valence-corrected chi connectivity index (χ1v) is 6.56. The van der Waals surface area contributed by atoms with E-state index in [0.717, 1.165) is 20.1 Å². The van der Waals surface area contributed by atoms with Crippen molar-refractivity contribution in [3.63, 3.8) is 0 Å². The Morgan fingerprint density at radius 3 is 2.71 bits per heavy atom. The van der Waals surface area contributed by atoms with Crippen LogP contribution in [0.4, 0.5) is 0 Å². The molecular weight excluding hydrogens is 351 g/mol. The minimum atomic E-state index is 0.740. The summed E-state index contributed by atoms with van der Waals surface area (Å²) < 4.78 is 4.45. The van der Waals surface area contributed by atoms with Crippen molar-refractivity contribution in [2.24, 2.45) is 0 Å². The third-order valence-electron chi connectivity index (χ3n) is 1.64. The molecule has 0 aliphatic heterocycles. The van der Waals surface area contributed by atoms with Crippen LogP contribution in [0, 0.1) is 0 Å². The van der Waals surface area contributed by atoms with Gasteiger partial charge in [0.05, 0.1) is 10.9 Å². The average Bonchev–Trinajstić information content (AvgIpc) is 2.61. The molecule has 2 aromatic rings. The van der Waals surface area contributed by atoms with Gasteiger partial charge in [0.25, 0.3) is 0 Å². The van der Waals surface area contributed by atoms with Crippen LogP contribution < -0.4 is 0 Å². The zero-order valence-corrected chi connectivity index (χ0v) is 11.6. The van der Waals surface area contributed by atoms with Gasteiger partial charge in [0, 0.05) is 10.9 Å². The summed E-state index contributed by atoms with van der Waals surface area (Å²) in [6, 6.07) is 5.82. The van der Waals surface area contributed by atoms with Gasteiger partial charge < -0.3 is 0 Å². The van der Waals surface area contributed by atoms with Gasteiger partial charge in [-0.15, -0.1) is 11.3 Å². The number of nitrogens with zero attached hydrogens (tertiary/aromatic N) is 2. The third kappa shape index (κ3) is 2.39. The van der Waals surface area contributed by atoms with Crippen molar-refractivity contribution in [1.29, 1.82) is 0 Å². The number of hydrogen-bond donors (Lipinski definition) is 0. The highest BCUT2D eigenvalue weighted by atomic mass is 79.9. The van der Waals surface area contributed by atoms with E-state index in [1.807, 2.05) is 22.9 Å². The number of aromatic nitrogens is 2. The van der Waals surface area contributed by atoms with Crippen molar-refractivity contribution in [2.75, 3.05) is 0 Å². The maximum atomic E-state index is 5.84. The molecule has 0 fully saturated rings. The Morgan fingerprint density at radius 2 is 2.21 bits per heavy atom. The van der Waals surface area contributed by atoms with Crippen molar-refractivity contribution in [1.82, 2.24) is 9.78 Å². The highest BCUT2D eigenvalue weighted by Gasteiger charge is 2.05. The summed E-state index contributed by atoms with van der Waals surface area (Å²) in [6.45, 7) is 0.740. The van der Waals surface area contributed by atoms with Crippen LogP contribution >= 0.6 is 54.8 Å². The fourth-order valence-electron chi connectivity index (χ4n) is 1.06. The number of hydrogen-bond acceptors (Lipinski definition) is 2. The molecular formula is C8H5Br2ClN2S. The lowest BCUT2D eigenvalue weighted by atomic mass is 10.5. The van der Waals surface area contributed by atoms with Crippen LogP contribution in [0.25, 0.3) is 0 Å². The minimum absolute atomic E-state index is 0.740. The fraction of sp³-hybridized carbons (Fsp3) is 0.125. The van der Waals surface area contributed by atoms with Gasteiger partial charge in [-0.2, -0.15) is 5.10 Å². The molecule has 0 aliphatic rings. The molecule has 14 heavy (non-hydrogen) atoms. The van der Waals surface area contributed by atoms with Gasteiger partial charge in [0.2, 0.25) is 0 Å². The summed E-state index contributed by atoms with van der Waals surface area (Å²) in [7, 11) is 0. The summed E-state index contributed by atoms with van der Waals surface area (Å²) >= 11 is 14.1. The number of halogens is 3. The van der Waals surface area contributed by atoms with Gasteiger partial charge in [-0.3, -0.25) is 4.68 Å². The molecule has 2 nitrogen and oxygen atoms in total. The second-order valence-corrected chi connectivity index (χ2v) is 6.08. The molecule has 0 unspecified atom stereocenters. The molecule has 0 atom stereocenters. The predicted octanol–water partition coefficient (Wildman–Crippen LogP) is 4.17. The van der Waals surface area contributed by atoms with Crippen LogP contribution in [0.3, 0.4) is 0 Å². The standard InChI is InChI=1S/C8H5Br2ClN2S/c9-6-3-7(10)13(12-6)4-5-1-2-8(11)14-5/h1-3H,4H2. The van der Waals surface area contributed by atoms with Crippen LogP contribution in [0.1, 0.15) is 4.88 Å². The normalized spacial score (nSPS) is 10.8. The van der Waals surface area contributed by atoms with Crippen molar-refractivity contribution in [3.05, 3.63) is 36.6 Å². The van der Waals surface area contributed by atoms with Crippen LogP contribution in [0.5, 0.6) is 0 Å². The van der Waals surface area contributed by atoms with Crippen LogP contribution in [-0.2, 0) is 6.54 Å². The van der Waals surface area contributed by atoms with Gasteiger partial charge in [-0.05, 0) is 44.0 Å². The van der Waals surface area contributed by atoms with E-state index in [2.05, 4.69) is 37.0 Å². The van der Waals surface area contributed by atoms with Gasteiger partial charge >= 0.3 is 0 Å². The SMILES string of the molecule is Clc1ccc(Cn2nc(Br)cc2Br)s1. The highest BCUT2D eigenvalue weighted by molar-refractivity contribution is 9.11. The fourth-order valence-corrected chi connectivity index (χ4v) is 3.27. The Hall–Kier alpha value is 0.160. The summed E-state index contributed by atoms with van der Waals surface area (Å²) in [4.78, 5) is 1.19. The van der Waals surface area contributed by atoms with Crippen molar-refractivity contribution < 1.29 is 0 Å². The first kappa shape index (κ1) is 10.7.